The lowest BCUT2D eigenvalue weighted by Gasteiger charge is -2.38. The van der Waals surface area contributed by atoms with Crippen molar-refractivity contribution in [2.24, 2.45) is 5.92 Å². The first-order valence-corrected chi connectivity index (χ1v) is 8.88. The van der Waals surface area contributed by atoms with E-state index < -0.39 is 5.97 Å². The Balaban J connectivity index is 2.07. The summed E-state index contributed by atoms with van der Waals surface area (Å²) in [5.74, 6) is 0.310. The van der Waals surface area contributed by atoms with Crippen molar-refractivity contribution in [3.8, 4) is 11.5 Å². The number of aliphatic carboxylic acids is 1. The average molecular weight is 355 g/mol. The number of carboxylic acids is 1. The zero-order valence-corrected chi connectivity index (χ0v) is 15.2. The monoisotopic (exact) mass is 355 g/mol. The third-order valence-corrected chi connectivity index (χ3v) is 5.01. The van der Waals surface area contributed by atoms with Crippen molar-refractivity contribution < 1.29 is 19.4 Å². The number of carboxylic acid groups (broad SMARTS) is 1. The molecule has 0 saturated carbocycles. The highest BCUT2D eigenvalue weighted by Gasteiger charge is 2.33. The lowest BCUT2D eigenvalue weighted by molar-refractivity contribution is -0.143. The predicted octanol–water partition coefficient (Wildman–Crippen LogP) is 3.59. The van der Waals surface area contributed by atoms with Crippen molar-refractivity contribution in [1.82, 2.24) is 4.90 Å². The number of carbonyl (C=O) groups is 1. The Labute approximate surface area is 154 Å². The highest BCUT2D eigenvalue weighted by molar-refractivity contribution is 5.70. The van der Waals surface area contributed by atoms with Gasteiger partial charge in [0.25, 0.3) is 0 Å². The van der Waals surface area contributed by atoms with Gasteiger partial charge in [0.1, 0.15) is 0 Å². The van der Waals surface area contributed by atoms with Crippen LogP contribution in [0.1, 0.15) is 30.0 Å². The molecule has 0 bridgehead atoms. The van der Waals surface area contributed by atoms with Gasteiger partial charge < -0.3 is 14.6 Å². The van der Waals surface area contributed by atoms with Gasteiger partial charge in [0, 0.05) is 12.1 Å². The van der Waals surface area contributed by atoms with Crippen LogP contribution < -0.4 is 9.47 Å². The number of ether oxygens (including phenoxy) is 2. The van der Waals surface area contributed by atoms with Crippen LogP contribution in [-0.2, 0) is 4.79 Å². The standard InChI is InChI=1S/C21H25NO4/c1-25-18-12-6-11-17(20(18)26-2)19(15-8-4-3-5-9-15)22-13-7-10-16(14-22)21(23)24/h3-6,8-9,11-12,16,19H,7,10,13-14H2,1-2H3,(H,23,24). The Morgan fingerprint density at radius 3 is 2.54 bits per heavy atom. The molecule has 1 saturated heterocycles. The second-order valence-corrected chi connectivity index (χ2v) is 6.57. The molecule has 2 aromatic carbocycles. The Hall–Kier alpha value is -2.53. The van der Waals surface area contributed by atoms with Gasteiger partial charge in [0.05, 0.1) is 26.2 Å². The number of likely N-dealkylation sites (tertiary alicyclic amines) is 1. The van der Waals surface area contributed by atoms with E-state index in [-0.39, 0.29) is 12.0 Å². The van der Waals surface area contributed by atoms with E-state index in [1.807, 2.05) is 36.4 Å². The zero-order valence-electron chi connectivity index (χ0n) is 15.2. The fraction of sp³-hybridized carbons (Fsp3) is 0.381. The van der Waals surface area contributed by atoms with Crippen molar-refractivity contribution in [3.05, 3.63) is 59.7 Å². The van der Waals surface area contributed by atoms with E-state index >= 15 is 0 Å². The minimum Gasteiger partial charge on any atom is -0.493 e. The van der Waals surface area contributed by atoms with Crippen molar-refractivity contribution in [2.45, 2.75) is 18.9 Å². The molecule has 2 atom stereocenters. The van der Waals surface area contributed by atoms with Gasteiger partial charge in [-0.1, -0.05) is 42.5 Å². The summed E-state index contributed by atoms with van der Waals surface area (Å²) >= 11 is 0. The van der Waals surface area contributed by atoms with E-state index in [4.69, 9.17) is 9.47 Å². The molecule has 0 amide bonds. The SMILES string of the molecule is COc1cccc(C(c2ccccc2)N2CCCC(C(=O)O)C2)c1OC. The van der Waals surface area contributed by atoms with Crippen molar-refractivity contribution in [3.63, 3.8) is 0 Å². The molecular formula is C21H25NO4. The summed E-state index contributed by atoms with van der Waals surface area (Å²) in [5, 5.41) is 9.49. The lowest BCUT2D eigenvalue weighted by atomic mass is 9.91. The topological polar surface area (TPSA) is 59.0 Å². The van der Waals surface area contributed by atoms with Crippen LogP contribution in [0.2, 0.25) is 0 Å². The Morgan fingerprint density at radius 2 is 1.88 bits per heavy atom. The maximum Gasteiger partial charge on any atom is 0.307 e. The number of hydrogen-bond acceptors (Lipinski definition) is 4. The van der Waals surface area contributed by atoms with Gasteiger partial charge in [-0.25, -0.2) is 0 Å². The van der Waals surface area contributed by atoms with Gasteiger partial charge >= 0.3 is 5.97 Å². The third kappa shape index (κ3) is 3.68. The van der Waals surface area contributed by atoms with Crippen LogP contribution in [0.3, 0.4) is 0 Å². The molecule has 1 fully saturated rings. The normalized spacial score (nSPS) is 18.9. The molecule has 1 heterocycles. The first-order valence-electron chi connectivity index (χ1n) is 8.88. The molecule has 0 spiro atoms. The van der Waals surface area contributed by atoms with Crippen LogP contribution in [0.25, 0.3) is 0 Å². The molecule has 2 aromatic rings. The zero-order chi connectivity index (χ0) is 18.5. The quantitative estimate of drug-likeness (QED) is 0.858. The molecule has 5 nitrogen and oxygen atoms in total. The van der Waals surface area contributed by atoms with Crippen LogP contribution in [0.5, 0.6) is 11.5 Å². The van der Waals surface area contributed by atoms with E-state index in [1.54, 1.807) is 14.2 Å². The maximum atomic E-state index is 11.5. The fourth-order valence-corrected chi connectivity index (χ4v) is 3.79. The smallest absolute Gasteiger partial charge is 0.307 e. The number of methoxy groups -OCH3 is 2. The number of hydrogen-bond donors (Lipinski definition) is 1. The Morgan fingerprint density at radius 1 is 1.12 bits per heavy atom. The average Bonchev–Trinajstić information content (AvgIpc) is 2.69. The molecule has 1 N–H and O–H groups in total. The molecule has 0 aliphatic carbocycles. The predicted molar refractivity (Wildman–Crippen MR) is 99.8 cm³/mol. The molecule has 1 aliphatic rings. The molecule has 2 unspecified atom stereocenters. The minimum absolute atomic E-state index is 0.0802. The van der Waals surface area contributed by atoms with Crippen LogP contribution in [-0.4, -0.2) is 43.3 Å². The van der Waals surface area contributed by atoms with E-state index in [9.17, 15) is 9.90 Å². The number of piperidine rings is 1. The summed E-state index contributed by atoms with van der Waals surface area (Å²) in [4.78, 5) is 13.8. The summed E-state index contributed by atoms with van der Waals surface area (Å²) < 4.78 is 11.1. The van der Waals surface area contributed by atoms with Crippen molar-refractivity contribution in [2.75, 3.05) is 27.3 Å². The number of benzene rings is 2. The summed E-state index contributed by atoms with van der Waals surface area (Å²) in [5.41, 5.74) is 2.11. The number of nitrogens with zero attached hydrogens (tertiary/aromatic N) is 1. The third-order valence-electron chi connectivity index (χ3n) is 5.01. The van der Waals surface area contributed by atoms with E-state index in [0.29, 0.717) is 18.0 Å². The van der Waals surface area contributed by atoms with Gasteiger partial charge in [-0.2, -0.15) is 0 Å². The molecule has 5 heteroatoms. The van der Waals surface area contributed by atoms with E-state index in [0.717, 1.165) is 30.5 Å². The lowest BCUT2D eigenvalue weighted by Crippen LogP contribution is -2.41. The summed E-state index contributed by atoms with van der Waals surface area (Å²) in [6.07, 6.45) is 1.59. The summed E-state index contributed by atoms with van der Waals surface area (Å²) in [6, 6.07) is 15.9. The number of rotatable bonds is 6. The Kier molecular flexibility index (Phi) is 5.78. The fourth-order valence-electron chi connectivity index (χ4n) is 3.79. The molecule has 0 radical (unpaired) electrons. The van der Waals surface area contributed by atoms with Crippen molar-refractivity contribution >= 4 is 5.97 Å². The van der Waals surface area contributed by atoms with Crippen LogP contribution >= 0.6 is 0 Å². The summed E-state index contributed by atoms with van der Waals surface area (Å²) in [7, 11) is 3.26. The molecule has 3 rings (SSSR count). The summed E-state index contributed by atoms with van der Waals surface area (Å²) in [6.45, 7) is 1.37. The van der Waals surface area contributed by atoms with Crippen LogP contribution in [0.15, 0.2) is 48.5 Å². The highest BCUT2D eigenvalue weighted by atomic mass is 16.5. The highest BCUT2D eigenvalue weighted by Crippen LogP contribution is 2.41. The van der Waals surface area contributed by atoms with Gasteiger partial charge in [-0.15, -0.1) is 0 Å². The second-order valence-electron chi connectivity index (χ2n) is 6.57. The van der Waals surface area contributed by atoms with Crippen LogP contribution in [0, 0.1) is 5.92 Å². The molecule has 1 aliphatic heterocycles. The molecule has 26 heavy (non-hydrogen) atoms. The second kappa shape index (κ2) is 8.23. The minimum atomic E-state index is -0.723. The van der Waals surface area contributed by atoms with Gasteiger partial charge in [-0.05, 0) is 31.0 Å². The molecular weight excluding hydrogens is 330 g/mol. The van der Waals surface area contributed by atoms with Gasteiger partial charge in [-0.3, -0.25) is 9.69 Å². The number of para-hydroxylation sites is 1. The van der Waals surface area contributed by atoms with Gasteiger partial charge in [0.2, 0.25) is 0 Å². The van der Waals surface area contributed by atoms with Gasteiger partial charge in [0.15, 0.2) is 11.5 Å². The van der Waals surface area contributed by atoms with Crippen molar-refractivity contribution in [1.29, 1.82) is 0 Å². The van der Waals surface area contributed by atoms with Crippen LogP contribution in [0.4, 0.5) is 0 Å². The molecule has 0 aromatic heterocycles. The first-order chi connectivity index (χ1) is 12.7. The maximum absolute atomic E-state index is 11.5. The molecule has 138 valence electrons. The van der Waals surface area contributed by atoms with E-state index in [2.05, 4.69) is 17.0 Å². The van der Waals surface area contributed by atoms with E-state index in [1.165, 1.54) is 0 Å². The largest absolute Gasteiger partial charge is 0.493 e. The first kappa shape index (κ1) is 18.3. The Bertz CT molecular complexity index is 747.